The van der Waals surface area contributed by atoms with E-state index in [2.05, 4.69) is 15.3 Å². The summed E-state index contributed by atoms with van der Waals surface area (Å²) in [5.41, 5.74) is 0. The normalized spacial score (nSPS) is 16.9. The molecule has 0 radical (unpaired) electrons. The Morgan fingerprint density at radius 3 is 2.82 bits per heavy atom. The summed E-state index contributed by atoms with van der Waals surface area (Å²) in [7, 11) is 3.56. The summed E-state index contributed by atoms with van der Waals surface area (Å²) in [5, 5.41) is 2.66. The molecule has 1 saturated carbocycles. The predicted octanol–water partition coefficient (Wildman–Crippen LogP) is 2.01. The molecule has 1 amide bonds. The van der Waals surface area contributed by atoms with Crippen LogP contribution in [0.25, 0.3) is 0 Å². The molecule has 0 aliphatic heterocycles. The number of nitrogens with one attached hydrogen (secondary N) is 1. The average molecular weight is 306 g/mol. The number of rotatable bonds is 6. The molecule has 0 aromatic carbocycles. The molecule has 0 spiro atoms. The highest BCUT2D eigenvalue weighted by Gasteiger charge is 2.18. The second kappa shape index (κ2) is 7.96. The third-order valence-corrected chi connectivity index (χ3v) is 4.07. The summed E-state index contributed by atoms with van der Waals surface area (Å²) in [6, 6.07) is 0. The van der Waals surface area contributed by atoms with Crippen molar-refractivity contribution in [3.63, 3.8) is 0 Å². The molecule has 22 heavy (non-hydrogen) atoms. The van der Waals surface area contributed by atoms with Gasteiger partial charge in [-0.1, -0.05) is 13.3 Å². The number of nitrogens with zero attached hydrogens (tertiary/aromatic N) is 3. The van der Waals surface area contributed by atoms with Gasteiger partial charge in [-0.25, -0.2) is 0 Å². The maximum atomic E-state index is 11.6. The van der Waals surface area contributed by atoms with E-state index in [-0.39, 0.29) is 17.9 Å². The van der Waals surface area contributed by atoms with Crippen LogP contribution in [0.15, 0.2) is 12.4 Å². The van der Waals surface area contributed by atoms with Gasteiger partial charge in [0.2, 0.25) is 11.8 Å². The van der Waals surface area contributed by atoms with Crippen LogP contribution >= 0.6 is 0 Å². The third-order valence-electron chi connectivity index (χ3n) is 4.07. The Morgan fingerprint density at radius 2 is 2.14 bits per heavy atom. The van der Waals surface area contributed by atoms with E-state index in [9.17, 15) is 4.79 Å². The molecule has 1 aromatic heterocycles. The first-order valence-electron chi connectivity index (χ1n) is 8.01. The zero-order valence-electron chi connectivity index (χ0n) is 13.7. The van der Waals surface area contributed by atoms with E-state index >= 15 is 0 Å². The van der Waals surface area contributed by atoms with Gasteiger partial charge in [0.15, 0.2) is 5.82 Å². The molecule has 1 N–H and O–H groups in total. The van der Waals surface area contributed by atoms with Crippen molar-refractivity contribution in [1.29, 1.82) is 0 Å². The molecule has 1 aliphatic rings. The molecule has 6 nitrogen and oxygen atoms in total. The number of carbonyl (C=O) groups excluding carboxylic acids is 1. The SMILES string of the molecule is CNC(=O)C(C)CN(C)c1cncc(OC2CCCCC2)n1. The Kier molecular flexibility index (Phi) is 5.98. The highest BCUT2D eigenvalue weighted by Crippen LogP contribution is 2.23. The lowest BCUT2D eigenvalue weighted by Crippen LogP contribution is -2.34. The molecule has 0 saturated heterocycles. The minimum atomic E-state index is -0.111. The van der Waals surface area contributed by atoms with Crippen molar-refractivity contribution in [1.82, 2.24) is 15.3 Å². The lowest BCUT2D eigenvalue weighted by Gasteiger charge is -2.24. The molecule has 122 valence electrons. The van der Waals surface area contributed by atoms with Gasteiger partial charge in [-0.15, -0.1) is 0 Å². The van der Waals surface area contributed by atoms with Crippen LogP contribution in [0.3, 0.4) is 0 Å². The van der Waals surface area contributed by atoms with E-state index < -0.39 is 0 Å². The fourth-order valence-electron chi connectivity index (χ4n) is 2.77. The molecule has 1 fully saturated rings. The van der Waals surface area contributed by atoms with E-state index in [1.54, 1.807) is 19.4 Å². The standard InChI is InChI=1S/C16H26N4O2/c1-12(16(21)17-2)11-20(3)14-9-18-10-15(19-14)22-13-7-5-4-6-8-13/h9-10,12-13H,4-8,11H2,1-3H3,(H,17,21). The molecule has 1 atom stereocenters. The van der Waals surface area contributed by atoms with Crippen LogP contribution in [0.1, 0.15) is 39.0 Å². The van der Waals surface area contributed by atoms with Gasteiger partial charge < -0.3 is 15.0 Å². The van der Waals surface area contributed by atoms with Gasteiger partial charge >= 0.3 is 0 Å². The molecule has 2 rings (SSSR count). The summed E-state index contributed by atoms with van der Waals surface area (Å²) in [5.74, 6) is 1.21. The number of amides is 1. The minimum absolute atomic E-state index is 0.0226. The van der Waals surface area contributed by atoms with Crippen LogP contribution < -0.4 is 15.0 Å². The second-order valence-corrected chi connectivity index (χ2v) is 5.99. The summed E-state index contributed by atoms with van der Waals surface area (Å²) in [6.07, 6.45) is 9.55. The molecule has 1 heterocycles. The van der Waals surface area contributed by atoms with E-state index in [1.807, 2.05) is 18.9 Å². The molecule has 1 unspecified atom stereocenters. The molecular formula is C16H26N4O2. The van der Waals surface area contributed by atoms with Crippen LogP contribution in [0.4, 0.5) is 5.82 Å². The van der Waals surface area contributed by atoms with Crippen LogP contribution in [-0.4, -0.2) is 42.6 Å². The minimum Gasteiger partial charge on any atom is -0.473 e. The molecule has 1 aromatic rings. The number of carbonyl (C=O) groups is 1. The maximum Gasteiger partial charge on any atom is 0.234 e. The van der Waals surface area contributed by atoms with Gasteiger partial charge in [0.05, 0.1) is 18.3 Å². The Labute approximate surface area is 132 Å². The smallest absolute Gasteiger partial charge is 0.234 e. The third kappa shape index (κ3) is 4.58. The summed E-state index contributed by atoms with van der Waals surface area (Å²) < 4.78 is 5.94. The highest BCUT2D eigenvalue weighted by molar-refractivity contribution is 5.78. The lowest BCUT2D eigenvalue weighted by molar-refractivity contribution is -0.123. The Morgan fingerprint density at radius 1 is 1.41 bits per heavy atom. The Bertz CT molecular complexity index is 489. The van der Waals surface area contributed by atoms with Crippen molar-refractivity contribution in [2.24, 2.45) is 5.92 Å². The van der Waals surface area contributed by atoms with Crippen LogP contribution in [0, 0.1) is 5.92 Å². The van der Waals surface area contributed by atoms with Gasteiger partial charge in [-0.05, 0) is 25.7 Å². The van der Waals surface area contributed by atoms with Crippen LogP contribution in [0.5, 0.6) is 5.88 Å². The number of anilines is 1. The first-order chi connectivity index (χ1) is 10.6. The van der Waals surface area contributed by atoms with Gasteiger partial charge in [0, 0.05) is 20.6 Å². The topological polar surface area (TPSA) is 67.4 Å². The quantitative estimate of drug-likeness (QED) is 0.871. The first kappa shape index (κ1) is 16.5. The number of ether oxygens (including phenoxy) is 1. The second-order valence-electron chi connectivity index (χ2n) is 5.99. The summed E-state index contributed by atoms with van der Waals surface area (Å²) in [4.78, 5) is 22.3. The van der Waals surface area contributed by atoms with E-state index in [1.165, 1.54) is 19.3 Å². The summed E-state index contributed by atoms with van der Waals surface area (Å²) >= 11 is 0. The number of aromatic nitrogens is 2. The van der Waals surface area contributed by atoms with Crippen molar-refractivity contribution in [2.45, 2.75) is 45.1 Å². The van der Waals surface area contributed by atoms with Crippen molar-refractivity contribution in [2.75, 3.05) is 25.5 Å². The monoisotopic (exact) mass is 306 g/mol. The van der Waals surface area contributed by atoms with E-state index in [0.29, 0.717) is 12.4 Å². The fraction of sp³-hybridized carbons (Fsp3) is 0.688. The fourth-order valence-corrected chi connectivity index (χ4v) is 2.77. The first-order valence-corrected chi connectivity index (χ1v) is 8.01. The molecule has 1 aliphatic carbocycles. The van der Waals surface area contributed by atoms with Crippen molar-refractivity contribution < 1.29 is 9.53 Å². The number of hydrogen-bond donors (Lipinski definition) is 1. The van der Waals surface area contributed by atoms with E-state index in [4.69, 9.17) is 4.74 Å². The van der Waals surface area contributed by atoms with Crippen LogP contribution in [-0.2, 0) is 4.79 Å². The van der Waals surface area contributed by atoms with Gasteiger partial charge in [0.1, 0.15) is 6.10 Å². The Hall–Kier alpha value is -1.85. The molecular weight excluding hydrogens is 280 g/mol. The van der Waals surface area contributed by atoms with Crippen molar-refractivity contribution in [3.8, 4) is 5.88 Å². The van der Waals surface area contributed by atoms with E-state index in [0.717, 1.165) is 18.7 Å². The summed E-state index contributed by atoms with van der Waals surface area (Å²) in [6.45, 7) is 2.48. The number of hydrogen-bond acceptors (Lipinski definition) is 5. The highest BCUT2D eigenvalue weighted by atomic mass is 16.5. The zero-order chi connectivity index (χ0) is 15.9. The van der Waals surface area contributed by atoms with Gasteiger partial charge in [-0.3, -0.25) is 9.78 Å². The zero-order valence-corrected chi connectivity index (χ0v) is 13.7. The predicted molar refractivity (Wildman–Crippen MR) is 86.0 cm³/mol. The molecule has 6 heteroatoms. The van der Waals surface area contributed by atoms with Gasteiger partial charge in [-0.2, -0.15) is 4.98 Å². The average Bonchev–Trinajstić information content (AvgIpc) is 2.55. The van der Waals surface area contributed by atoms with Gasteiger partial charge in [0.25, 0.3) is 0 Å². The lowest BCUT2D eigenvalue weighted by atomic mass is 9.98. The van der Waals surface area contributed by atoms with Crippen molar-refractivity contribution >= 4 is 11.7 Å². The Balaban J connectivity index is 1.96. The maximum absolute atomic E-state index is 11.6. The van der Waals surface area contributed by atoms with Crippen molar-refractivity contribution in [3.05, 3.63) is 12.4 Å². The largest absolute Gasteiger partial charge is 0.473 e. The molecule has 0 bridgehead atoms. The van der Waals surface area contributed by atoms with Crippen LogP contribution in [0.2, 0.25) is 0 Å².